The number of nitrogens with zero attached hydrogens (tertiary/aromatic N) is 2. The first-order valence-corrected chi connectivity index (χ1v) is 8.51. The van der Waals surface area contributed by atoms with Crippen LogP contribution >= 0.6 is 0 Å². The highest BCUT2D eigenvalue weighted by molar-refractivity contribution is 5.69. The molecule has 6 nitrogen and oxygen atoms in total. The van der Waals surface area contributed by atoms with Crippen molar-refractivity contribution in [2.75, 3.05) is 20.1 Å². The summed E-state index contributed by atoms with van der Waals surface area (Å²) in [7, 11) is 1.65. The van der Waals surface area contributed by atoms with E-state index in [9.17, 15) is 9.59 Å². The Morgan fingerprint density at radius 3 is 2.16 bits per heavy atom. The normalized spacial score (nSPS) is 11.2. The molecule has 140 valence electrons. The molecule has 0 radical (unpaired) electrons. The third-order valence-corrected chi connectivity index (χ3v) is 3.44. The van der Waals surface area contributed by atoms with Crippen LogP contribution < -0.4 is 0 Å². The Kier molecular flexibility index (Phi) is 7.74. The van der Waals surface area contributed by atoms with E-state index < -0.39 is 17.8 Å². The van der Waals surface area contributed by atoms with E-state index in [0.29, 0.717) is 13.1 Å². The highest BCUT2D eigenvalue weighted by Gasteiger charge is 2.23. The molecule has 0 bridgehead atoms. The summed E-state index contributed by atoms with van der Waals surface area (Å²) in [5.41, 5.74) is 0.392. The molecule has 0 saturated carbocycles. The number of carbonyl (C=O) groups excluding carboxylic acids is 2. The van der Waals surface area contributed by atoms with Crippen LogP contribution in [-0.2, 0) is 16.1 Å². The average molecular weight is 350 g/mol. The summed E-state index contributed by atoms with van der Waals surface area (Å²) < 4.78 is 10.7. The smallest absolute Gasteiger partial charge is 0.410 e. The van der Waals surface area contributed by atoms with E-state index in [2.05, 4.69) is 0 Å². The molecule has 0 aliphatic carbocycles. The van der Waals surface area contributed by atoms with E-state index in [1.807, 2.05) is 65.0 Å². The van der Waals surface area contributed by atoms with Crippen LogP contribution in [0.2, 0.25) is 0 Å². The van der Waals surface area contributed by atoms with Gasteiger partial charge < -0.3 is 19.3 Å². The minimum absolute atomic E-state index is 0.0321. The van der Waals surface area contributed by atoms with E-state index in [-0.39, 0.29) is 12.6 Å². The lowest BCUT2D eigenvalue weighted by atomic mass is 10.2. The summed E-state index contributed by atoms with van der Waals surface area (Å²) in [5.74, 6) is 0. The highest BCUT2D eigenvalue weighted by Crippen LogP contribution is 2.10. The lowest BCUT2D eigenvalue weighted by molar-refractivity contribution is 0.0265. The van der Waals surface area contributed by atoms with Crippen molar-refractivity contribution in [3.05, 3.63) is 35.9 Å². The zero-order valence-electron chi connectivity index (χ0n) is 16.1. The van der Waals surface area contributed by atoms with Crippen molar-refractivity contribution in [2.24, 2.45) is 0 Å². The molecule has 0 N–H and O–H groups in total. The molecule has 2 amide bonds. The minimum Gasteiger partial charge on any atom is -0.445 e. The van der Waals surface area contributed by atoms with Gasteiger partial charge in [-0.2, -0.15) is 0 Å². The molecule has 0 spiro atoms. The zero-order chi connectivity index (χ0) is 19.0. The second-order valence-electron chi connectivity index (χ2n) is 7.23. The Balaban J connectivity index is 2.53. The van der Waals surface area contributed by atoms with Crippen molar-refractivity contribution in [2.45, 2.75) is 52.9 Å². The number of carbonyl (C=O) groups is 2. The largest absolute Gasteiger partial charge is 0.445 e. The summed E-state index contributed by atoms with van der Waals surface area (Å²) in [4.78, 5) is 27.4. The number of amides is 2. The molecular weight excluding hydrogens is 320 g/mol. The lowest BCUT2D eigenvalue weighted by Crippen LogP contribution is -2.44. The fourth-order valence-electron chi connectivity index (χ4n) is 2.05. The molecule has 0 aliphatic rings. The third kappa shape index (κ3) is 7.92. The first kappa shape index (κ1) is 20.8. The van der Waals surface area contributed by atoms with Crippen molar-refractivity contribution < 1.29 is 19.1 Å². The Morgan fingerprint density at radius 1 is 1.04 bits per heavy atom. The molecule has 0 unspecified atom stereocenters. The topological polar surface area (TPSA) is 59.1 Å². The Labute approximate surface area is 150 Å². The SMILES string of the molecule is CC(C)N(CCN(C)C(=O)OC(C)(C)C)C(=O)OCc1ccccc1. The van der Waals surface area contributed by atoms with Gasteiger partial charge in [-0.3, -0.25) is 0 Å². The molecule has 0 fully saturated rings. The zero-order valence-corrected chi connectivity index (χ0v) is 16.1. The summed E-state index contributed by atoms with van der Waals surface area (Å²) in [6.07, 6.45) is -0.801. The fourth-order valence-corrected chi connectivity index (χ4v) is 2.05. The van der Waals surface area contributed by atoms with E-state index in [4.69, 9.17) is 9.47 Å². The van der Waals surface area contributed by atoms with Crippen molar-refractivity contribution in [1.29, 1.82) is 0 Å². The predicted octanol–water partition coefficient (Wildman–Crippen LogP) is 3.90. The molecular formula is C19H30N2O4. The number of rotatable bonds is 6. The second-order valence-corrected chi connectivity index (χ2v) is 7.23. The van der Waals surface area contributed by atoms with Gasteiger partial charge in [-0.25, -0.2) is 9.59 Å². The van der Waals surface area contributed by atoms with Crippen molar-refractivity contribution in [1.82, 2.24) is 9.80 Å². The number of ether oxygens (including phenoxy) is 2. The predicted molar refractivity (Wildman–Crippen MR) is 97.3 cm³/mol. The number of hydrogen-bond donors (Lipinski definition) is 0. The number of hydrogen-bond acceptors (Lipinski definition) is 4. The summed E-state index contributed by atoms with van der Waals surface area (Å²) >= 11 is 0. The van der Waals surface area contributed by atoms with Gasteiger partial charge in [0.15, 0.2) is 0 Å². The first-order chi connectivity index (χ1) is 11.6. The van der Waals surface area contributed by atoms with Gasteiger partial charge in [0, 0.05) is 26.2 Å². The second kappa shape index (κ2) is 9.30. The molecule has 0 heterocycles. The van der Waals surface area contributed by atoms with Gasteiger partial charge in [-0.1, -0.05) is 30.3 Å². The Morgan fingerprint density at radius 2 is 1.64 bits per heavy atom. The number of benzene rings is 1. The van der Waals surface area contributed by atoms with Gasteiger partial charge >= 0.3 is 12.2 Å². The van der Waals surface area contributed by atoms with Gasteiger partial charge in [0.05, 0.1) is 0 Å². The molecule has 1 aromatic carbocycles. The van der Waals surface area contributed by atoms with Gasteiger partial charge in [0.25, 0.3) is 0 Å². The molecule has 0 saturated heterocycles. The molecule has 1 rings (SSSR count). The molecule has 25 heavy (non-hydrogen) atoms. The Bertz CT molecular complexity index is 552. The molecule has 1 aromatic rings. The molecule has 0 atom stereocenters. The van der Waals surface area contributed by atoms with Crippen LogP contribution in [0, 0.1) is 0 Å². The van der Waals surface area contributed by atoms with Crippen LogP contribution in [-0.4, -0.2) is 53.8 Å². The van der Waals surface area contributed by atoms with Crippen LogP contribution in [0.25, 0.3) is 0 Å². The van der Waals surface area contributed by atoms with Crippen LogP contribution in [0.5, 0.6) is 0 Å². The van der Waals surface area contributed by atoms with E-state index in [1.54, 1.807) is 11.9 Å². The van der Waals surface area contributed by atoms with Crippen LogP contribution in [0.15, 0.2) is 30.3 Å². The summed E-state index contributed by atoms with van der Waals surface area (Å²) in [5, 5.41) is 0. The molecule has 0 aliphatic heterocycles. The minimum atomic E-state index is -0.544. The van der Waals surface area contributed by atoms with Gasteiger partial charge in [-0.15, -0.1) is 0 Å². The van der Waals surface area contributed by atoms with Crippen LogP contribution in [0.4, 0.5) is 9.59 Å². The lowest BCUT2D eigenvalue weighted by Gasteiger charge is -2.29. The quantitative estimate of drug-likeness (QED) is 0.781. The van der Waals surface area contributed by atoms with E-state index in [1.165, 1.54) is 4.90 Å². The van der Waals surface area contributed by atoms with Gasteiger partial charge in [0.1, 0.15) is 12.2 Å². The molecule has 6 heteroatoms. The average Bonchev–Trinajstić information content (AvgIpc) is 2.52. The standard InChI is InChI=1S/C19H30N2O4/c1-15(2)21(13-12-20(6)17(22)25-19(3,4)5)18(23)24-14-16-10-8-7-9-11-16/h7-11,15H,12-14H2,1-6H3. The third-order valence-electron chi connectivity index (χ3n) is 3.44. The maximum Gasteiger partial charge on any atom is 0.410 e. The summed E-state index contributed by atoms with van der Waals surface area (Å²) in [6.45, 7) is 10.3. The van der Waals surface area contributed by atoms with Crippen molar-refractivity contribution in [3.63, 3.8) is 0 Å². The van der Waals surface area contributed by atoms with E-state index in [0.717, 1.165) is 5.56 Å². The van der Waals surface area contributed by atoms with Crippen LogP contribution in [0.1, 0.15) is 40.2 Å². The van der Waals surface area contributed by atoms with Gasteiger partial charge in [-0.05, 0) is 40.2 Å². The van der Waals surface area contributed by atoms with Crippen molar-refractivity contribution >= 4 is 12.2 Å². The Hall–Kier alpha value is -2.24. The monoisotopic (exact) mass is 350 g/mol. The number of likely N-dealkylation sites (N-methyl/N-ethyl adjacent to an activating group) is 1. The van der Waals surface area contributed by atoms with Gasteiger partial charge in [0.2, 0.25) is 0 Å². The fraction of sp³-hybridized carbons (Fsp3) is 0.579. The maximum atomic E-state index is 12.3. The summed E-state index contributed by atoms with van der Waals surface area (Å²) in [6, 6.07) is 9.50. The van der Waals surface area contributed by atoms with Crippen LogP contribution in [0.3, 0.4) is 0 Å². The van der Waals surface area contributed by atoms with Crippen molar-refractivity contribution in [3.8, 4) is 0 Å². The van der Waals surface area contributed by atoms with E-state index >= 15 is 0 Å². The first-order valence-electron chi connectivity index (χ1n) is 8.51. The maximum absolute atomic E-state index is 12.3. The highest BCUT2D eigenvalue weighted by atomic mass is 16.6. The molecule has 0 aromatic heterocycles.